The van der Waals surface area contributed by atoms with E-state index in [0.29, 0.717) is 18.0 Å². The van der Waals surface area contributed by atoms with Crippen LogP contribution in [0.1, 0.15) is 24.5 Å². The Bertz CT molecular complexity index is 457. The fourth-order valence-electron chi connectivity index (χ4n) is 2.71. The normalized spacial score (nSPS) is 24.8. The number of likely N-dealkylation sites (tertiary alicyclic amines) is 1. The molecule has 0 amide bonds. The first-order chi connectivity index (χ1) is 8.56. The number of benzene rings is 1. The molecule has 4 heteroatoms. The van der Waals surface area contributed by atoms with Crippen molar-refractivity contribution >= 4 is 0 Å². The minimum Gasteiger partial charge on any atom is -0.327 e. The van der Waals surface area contributed by atoms with E-state index in [0.717, 1.165) is 25.1 Å². The molecular formula is C14H18FN3. The van der Waals surface area contributed by atoms with Gasteiger partial charge in [-0.25, -0.2) is 4.39 Å². The molecule has 18 heavy (non-hydrogen) atoms. The highest BCUT2D eigenvalue weighted by Gasteiger charge is 2.22. The van der Waals surface area contributed by atoms with Crippen molar-refractivity contribution in [3.8, 4) is 6.07 Å². The summed E-state index contributed by atoms with van der Waals surface area (Å²) in [5.41, 5.74) is 7.20. The van der Waals surface area contributed by atoms with E-state index in [9.17, 15) is 4.39 Å². The van der Waals surface area contributed by atoms with Crippen LogP contribution in [-0.2, 0) is 6.54 Å². The number of hydrogen-bond donors (Lipinski definition) is 1. The molecular weight excluding hydrogens is 229 g/mol. The van der Waals surface area contributed by atoms with Crippen LogP contribution >= 0.6 is 0 Å². The van der Waals surface area contributed by atoms with Gasteiger partial charge in [-0.1, -0.05) is 6.92 Å². The number of hydrogen-bond acceptors (Lipinski definition) is 3. The second-order valence-electron chi connectivity index (χ2n) is 5.25. The monoisotopic (exact) mass is 247 g/mol. The van der Waals surface area contributed by atoms with Crippen LogP contribution in [-0.4, -0.2) is 24.0 Å². The van der Waals surface area contributed by atoms with Crippen molar-refractivity contribution in [3.05, 3.63) is 35.1 Å². The topological polar surface area (TPSA) is 53.0 Å². The molecule has 1 fully saturated rings. The maximum absolute atomic E-state index is 13.3. The van der Waals surface area contributed by atoms with Crippen LogP contribution in [0.4, 0.5) is 4.39 Å². The second kappa shape index (κ2) is 5.47. The Kier molecular flexibility index (Phi) is 3.95. The van der Waals surface area contributed by atoms with Gasteiger partial charge >= 0.3 is 0 Å². The Morgan fingerprint density at radius 3 is 2.89 bits per heavy atom. The minimum atomic E-state index is -0.349. The highest BCUT2D eigenvalue weighted by molar-refractivity contribution is 5.33. The van der Waals surface area contributed by atoms with E-state index >= 15 is 0 Å². The number of halogens is 1. The molecule has 1 heterocycles. The molecule has 0 radical (unpaired) electrons. The average molecular weight is 247 g/mol. The summed E-state index contributed by atoms with van der Waals surface area (Å²) in [6, 6.07) is 6.67. The van der Waals surface area contributed by atoms with Crippen molar-refractivity contribution < 1.29 is 4.39 Å². The lowest BCUT2D eigenvalue weighted by Crippen LogP contribution is -2.45. The largest absolute Gasteiger partial charge is 0.327 e. The molecule has 1 aliphatic rings. The molecule has 1 saturated heterocycles. The molecule has 1 aromatic carbocycles. The van der Waals surface area contributed by atoms with E-state index in [2.05, 4.69) is 11.8 Å². The van der Waals surface area contributed by atoms with E-state index in [-0.39, 0.29) is 11.9 Å². The fourth-order valence-corrected chi connectivity index (χ4v) is 2.71. The third-order valence-corrected chi connectivity index (χ3v) is 3.26. The smallest absolute Gasteiger partial charge is 0.124 e. The molecule has 2 rings (SSSR count). The first-order valence-corrected chi connectivity index (χ1v) is 6.24. The predicted molar refractivity (Wildman–Crippen MR) is 68.1 cm³/mol. The molecule has 0 spiro atoms. The Labute approximate surface area is 107 Å². The number of nitriles is 1. The van der Waals surface area contributed by atoms with Gasteiger partial charge in [0.05, 0.1) is 11.6 Å². The third kappa shape index (κ3) is 3.28. The van der Waals surface area contributed by atoms with Gasteiger partial charge in [0.25, 0.3) is 0 Å². The lowest BCUT2D eigenvalue weighted by Gasteiger charge is -2.34. The molecule has 0 aliphatic carbocycles. The minimum absolute atomic E-state index is 0.192. The SMILES string of the molecule is CC1CC(N)CN(Cc2cc(F)cc(C#N)c2)C1. The molecule has 2 unspecified atom stereocenters. The molecule has 1 aromatic rings. The molecule has 0 saturated carbocycles. The van der Waals surface area contributed by atoms with Gasteiger partial charge in [0.1, 0.15) is 5.82 Å². The molecule has 96 valence electrons. The van der Waals surface area contributed by atoms with Crippen molar-refractivity contribution in [3.63, 3.8) is 0 Å². The van der Waals surface area contributed by atoms with Crippen molar-refractivity contribution in [2.75, 3.05) is 13.1 Å². The van der Waals surface area contributed by atoms with Gasteiger partial charge in [0.15, 0.2) is 0 Å². The van der Waals surface area contributed by atoms with Gasteiger partial charge in [-0.05, 0) is 36.1 Å². The van der Waals surface area contributed by atoms with Crippen LogP contribution in [0.3, 0.4) is 0 Å². The maximum Gasteiger partial charge on any atom is 0.124 e. The Balaban J connectivity index is 2.09. The van der Waals surface area contributed by atoms with E-state index < -0.39 is 0 Å². The second-order valence-corrected chi connectivity index (χ2v) is 5.25. The fraction of sp³-hybridized carbons (Fsp3) is 0.500. The molecule has 2 N–H and O–H groups in total. The molecule has 0 bridgehead atoms. The summed E-state index contributed by atoms with van der Waals surface area (Å²) in [4.78, 5) is 2.23. The van der Waals surface area contributed by atoms with Gasteiger partial charge in [0.2, 0.25) is 0 Å². The summed E-state index contributed by atoms with van der Waals surface area (Å²) in [7, 11) is 0. The van der Waals surface area contributed by atoms with Crippen LogP contribution in [0.5, 0.6) is 0 Å². The van der Waals surface area contributed by atoms with E-state index in [1.54, 1.807) is 6.07 Å². The first-order valence-electron chi connectivity index (χ1n) is 6.24. The van der Waals surface area contributed by atoms with Crippen molar-refractivity contribution in [2.45, 2.75) is 25.9 Å². The Morgan fingerprint density at radius 2 is 2.22 bits per heavy atom. The van der Waals surface area contributed by atoms with Gasteiger partial charge in [-0.3, -0.25) is 4.90 Å². The van der Waals surface area contributed by atoms with Crippen LogP contribution in [0.25, 0.3) is 0 Å². The zero-order valence-corrected chi connectivity index (χ0v) is 10.6. The lowest BCUT2D eigenvalue weighted by atomic mass is 9.96. The van der Waals surface area contributed by atoms with Crippen molar-refractivity contribution in [1.82, 2.24) is 4.90 Å². The van der Waals surface area contributed by atoms with Crippen LogP contribution < -0.4 is 5.73 Å². The number of nitrogens with zero attached hydrogens (tertiary/aromatic N) is 2. The highest BCUT2D eigenvalue weighted by atomic mass is 19.1. The highest BCUT2D eigenvalue weighted by Crippen LogP contribution is 2.18. The van der Waals surface area contributed by atoms with Crippen molar-refractivity contribution in [2.24, 2.45) is 11.7 Å². The summed E-state index contributed by atoms with van der Waals surface area (Å²) < 4.78 is 13.3. The summed E-state index contributed by atoms with van der Waals surface area (Å²) >= 11 is 0. The molecule has 0 aromatic heterocycles. The lowest BCUT2D eigenvalue weighted by molar-refractivity contribution is 0.158. The predicted octanol–water partition coefficient (Wildman–Crippen LogP) is 1.87. The molecule has 2 atom stereocenters. The van der Waals surface area contributed by atoms with E-state index in [1.165, 1.54) is 12.1 Å². The maximum atomic E-state index is 13.3. The van der Waals surface area contributed by atoms with Crippen LogP contribution in [0, 0.1) is 23.1 Å². The molecule has 1 aliphatic heterocycles. The summed E-state index contributed by atoms with van der Waals surface area (Å²) in [6.07, 6.45) is 1.04. The average Bonchev–Trinajstić information content (AvgIpc) is 2.26. The van der Waals surface area contributed by atoms with Gasteiger partial charge < -0.3 is 5.73 Å². The van der Waals surface area contributed by atoms with E-state index in [1.807, 2.05) is 6.07 Å². The molecule has 3 nitrogen and oxygen atoms in total. The summed E-state index contributed by atoms with van der Waals surface area (Å²) in [6.45, 7) is 4.65. The zero-order valence-electron chi connectivity index (χ0n) is 10.6. The van der Waals surface area contributed by atoms with Gasteiger partial charge in [0, 0.05) is 25.7 Å². The first kappa shape index (κ1) is 13.0. The van der Waals surface area contributed by atoms with E-state index in [4.69, 9.17) is 11.0 Å². The summed E-state index contributed by atoms with van der Waals surface area (Å²) in [5.74, 6) is 0.219. The third-order valence-electron chi connectivity index (χ3n) is 3.26. The van der Waals surface area contributed by atoms with Crippen LogP contribution in [0.15, 0.2) is 18.2 Å². The standard InChI is InChI=1S/C14H18FN3/c1-10-2-14(17)9-18(7-10)8-12-3-11(6-16)4-13(15)5-12/h3-5,10,14H,2,7-9,17H2,1H3. The number of rotatable bonds is 2. The Hall–Kier alpha value is -1.44. The van der Waals surface area contributed by atoms with Crippen LogP contribution in [0.2, 0.25) is 0 Å². The summed E-state index contributed by atoms with van der Waals surface area (Å²) in [5, 5.41) is 8.83. The van der Waals surface area contributed by atoms with Gasteiger partial charge in [-0.2, -0.15) is 5.26 Å². The van der Waals surface area contributed by atoms with Gasteiger partial charge in [-0.15, -0.1) is 0 Å². The zero-order chi connectivity index (χ0) is 13.1. The number of nitrogens with two attached hydrogens (primary N) is 1. The quantitative estimate of drug-likeness (QED) is 0.868. The Morgan fingerprint density at radius 1 is 1.44 bits per heavy atom. The number of piperidine rings is 1. The van der Waals surface area contributed by atoms with Crippen molar-refractivity contribution in [1.29, 1.82) is 5.26 Å².